The van der Waals surface area contributed by atoms with Crippen LogP contribution in [0, 0.1) is 0 Å². The van der Waals surface area contributed by atoms with Crippen LogP contribution in [0.4, 0.5) is 0 Å². The molecular weight excluding hydrogens is 246 g/mol. The van der Waals surface area contributed by atoms with E-state index in [1.807, 2.05) is 0 Å². The van der Waals surface area contributed by atoms with E-state index < -0.39 is 0 Å². The van der Waals surface area contributed by atoms with Gasteiger partial charge in [-0.3, -0.25) is 9.59 Å². The molecule has 6 heteroatoms. The lowest BCUT2D eigenvalue weighted by atomic mass is 10.2. The number of methoxy groups -OCH3 is 1. The fourth-order valence-corrected chi connectivity index (χ4v) is 2.27. The normalized spacial score (nSPS) is 22.9. The Morgan fingerprint density at radius 3 is 2.89 bits per heavy atom. The number of amides is 2. The molecule has 0 aromatic carbocycles. The molecule has 1 aliphatic heterocycles. The number of nitrogens with zero attached hydrogens (tertiary/aromatic N) is 1. The monoisotopic (exact) mass is 269 g/mol. The Labute approximate surface area is 113 Å². The molecule has 19 heavy (non-hydrogen) atoms. The molecule has 0 radical (unpaired) electrons. The molecule has 0 bridgehead atoms. The number of nitrogens with one attached hydrogen (secondary N) is 2. The van der Waals surface area contributed by atoms with E-state index in [0.717, 1.165) is 13.0 Å². The maximum absolute atomic E-state index is 12.1. The van der Waals surface area contributed by atoms with E-state index in [1.165, 1.54) is 12.8 Å². The molecule has 2 rings (SSSR count). The summed E-state index contributed by atoms with van der Waals surface area (Å²) < 4.78 is 4.86. The standard InChI is InChI=1S/C13H23N3O3/c1-19-9-6-14-12(17)5-8-16-7-4-11(13(16)18)15-10-2-3-10/h10-11,15H,2-9H2,1H3,(H,14,17). The highest BCUT2D eigenvalue weighted by Gasteiger charge is 2.35. The van der Waals surface area contributed by atoms with E-state index in [9.17, 15) is 9.59 Å². The second kappa shape index (κ2) is 6.86. The maximum Gasteiger partial charge on any atom is 0.239 e. The van der Waals surface area contributed by atoms with Crippen molar-refractivity contribution in [3.63, 3.8) is 0 Å². The van der Waals surface area contributed by atoms with E-state index in [-0.39, 0.29) is 17.9 Å². The zero-order chi connectivity index (χ0) is 13.7. The molecule has 108 valence electrons. The zero-order valence-electron chi connectivity index (χ0n) is 11.5. The predicted molar refractivity (Wildman–Crippen MR) is 70.6 cm³/mol. The Hall–Kier alpha value is -1.14. The lowest BCUT2D eigenvalue weighted by molar-refractivity contribution is -0.130. The molecule has 1 aliphatic carbocycles. The van der Waals surface area contributed by atoms with Crippen LogP contribution in [0.3, 0.4) is 0 Å². The van der Waals surface area contributed by atoms with Crippen molar-refractivity contribution < 1.29 is 14.3 Å². The molecule has 2 aliphatic rings. The van der Waals surface area contributed by atoms with Crippen LogP contribution < -0.4 is 10.6 Å². The molecule has 2 amide bonds. The molecule has 0 spiro atoms. The second-order valence-electron chi connectivity index (χ2n) is 5.20. The molecule has 1 saturated heterocycles. The summed E-state index contributed by atoms with van der Waals surface area (Å²) in [5.41, 5.74) is 0. The first-order valence-corrected chi connectivity index (χ1v) is 7.01. The van der Waals surface area contributed by atoms with Crippen molar-refractivity contribution in [3.8, 4) is 0 Å². The van der Waals surface area contributed by atoms with Crippen LogP contribution in [-0.2, 0) is 14.3 Å². The van der Waals surface area contributed by atoms with Crippen molar-refractivity contribution in [2.75, 3.05) is 33.4 Å². The lowest BCUT2D eigenvalue weighted by Crippen LogP contribution is -2.40. The van der Waals surface area contributed by atoms with E-state index in [1.54, 1.807) is 12.0 Å². The Morgan fingerprint density at radius 2 is 2.21 bits per heavy atom. The van der Waals surface area contributed by atoms with Gasteiger partial charge in [-0.2, -0.15) is 0 Å². The summed E-state index contributed by atoms with van der Waals surface area (Å²) in [6.07, 6.45) is 3.60. The number of carbonyl (C=O) groups is 2. The fraction of sp³-hybridized carbons (Fsp3) is 0.846. The second-order valence-corrected chi connectivity index (χ2v) is 5.20. The van der Waals surface area contributed by atoms with Crippen LogP contribution in [0.5, 0.6) is 0 Å². The number of ether oxygens (including phenoxy) is 1. The highest BCUT2D eigenvalue weighted by Crippen LogP contribution is 2.22. The Morgan fingerprint density at radius 1 is 1.42 bits per heavy atom. The van der Waals surface area contributed by atoms with Crippen LogP contribution in [0.2, 0.25) is 0 Å². The Balaban J connectivity index is 1.63. The van der Waals surface area contributed by atoms with Gasteiger partial charge < -0.3 is 20.3 Å². The molecule has 2 N–H and O–H groups in total. The third-order valence-corrected chi connectivity index (χ3v) is 3.55. The number of likely N-dealkylation sites (tertiary alicyclic amines) is 1. The molecule has 0 aromatic heterocycles. The highest BCUT2D eigenvalue weighted by molar-refractivity contribution is 5.84. The first kappa shape index (κ1) is 14.3. The summed E-state index contributed by atoms with van der Waals surface area (Å²) in [6, 6.07) is 0.523. The van der Waals surface area contributed by atoms with Gasteiger partial charge in [0.25, 0.3) is 0 Å². The van der Waals surface area contributed by atoms with Crippen molar-refractivity contribution in [1.29, 1.82) is 0 Å². The van der Waals surface area contributed by atoms with Crippen molar-refractivity contribution >= 4 is 11.8 Å². The molecule has 1 saturated carbocycles. The van der Waals surface area contributed by atoms with Crippen LogP contribution in [0.25, 0.3) is 0 Å². The molecule has 1 atom stereocenters. The van der Waals surface area contributed by atoms with Gasteiger partial charge in [0, 0.05) is 39.2 Å². The minimum atomic E-state index is -0.0246. The van der Waals surface area contributed by atoms with Gasteiger partial charge in [0.1, 0.15) is 0 Å². The minimum absolute atomic E-state index is 0.0240. The van der Waals surface area contributed by atoms with E-state index in [0.29, 0.717) is 32.2 Å². The van der Waals surface area contributed by atoms with Gasteiger partial charge in [0.05, 0.1) is 12.6 Å². The SMILES string of the molecule is COCCNC(=O)CCN1CCC(NC2CC2)C1=O. The van der Waals surface area contributed by atoms with Crippen LogP contribution >= 0.6 is 0 Å². The number of rotatable bonds is 8. The van der Waals surface area contributed by atoms with Gasteiger partial charge in [0.2, 0.25) is 11.8 Å². The van der Waals surface area contributed by atoms with Crippen molar-refractivity contribution in [2.45, 2.75) is 37.8 Å². The molecule has 1 heterocycles. The Kier molecular flexibility index (Phi) is 5.15. The number of hydrogen-bond donors (Lipinski definition) is 2. The zero-order valence-corrected chi connectivity index (χ0v) is 11.5. The quantitative estimate of drug-likeness (QED) is 0.582. The lowest BCUT2D eigenvalue weighted by Gasteiger charge is -2.16. The average Bonchev–Trinajstić information content (AvgIpc) is 3.14. The van der Waals surface area contributed by atoms with Gasteiger partial charge in [-0.05, 0) is 19.3 Å². The summed E-state index contributed by atoms with van der Waals surface area (Å²) in [5.74, 6) is 0.125. The fourth-order valence-electron chi connectivity index (χ4n) is 2.27. The van der Waals surface area contributed by atoms with Crippen molar-refractivity contribution in [1.82, 2.24) is 15.5 Å². The van der Waals surface area contributed by atoms with Crippen molar-refractivity contribution in [3.05, 3.63) is 0 Å². The summed E-state index contributed by atoms with van der Waals surface area (Å²) in [7, 11) is 1.60. The van der Waals surface area contributed by atoms with Gasteiger partial charge in [-0.1, -0.05) is 0 Å². The maximum atomic E-state index is 12.1. The van der Waals surface area contributed by atoms with Crippen LogP contribution in [-0.4, -0.2) is 62.1 Å². The van der Waals surface area contributed by atoms with E-state index >= 15 is 0 Å². The molecule has 2 fully saturated rings. The van der Waals surface area contributed by atoms with Crippen molar-refractivity contribution in [2.24, 2.45) is 0 Å². The predicted octanol–water partition coefficient (Wildman–Crippen LogP) is -0.508. The highest BCUT2D eigenvalue weighted by atomic mass is 16.5. The molecule has 0 aromatic rings. The first-order chi connectivity index (χ1) is 9.20. The smallest absolute Gasteiger partial charge is 0.239 e. The summed E-state index contributed by atoms with van der Waals surface area (Å²) in [5, 5.41) is 6.11. The molecular formula is C13H23N3O3. The summed E-state index contributed by atoms with van der Waals surface area (Å²) in [4.78, 5) is 25.4. The molecule has 6 nitrogen and oxygen atoms in total. The van der Waals surface area contributed by atoms with Gasteiger partial charge in [-0.25, -0.2) is 0 Å². The number of hydrogen-bond acceptors (Lipinski definition) is 4. The first-order valence-electron chi connectivity index (χ1n) is 7.01. The summed E-state index contributed by atoms with van der Waals surface area (Å²) in [6.45, 7) is 2.31. The van der Waals surface area contributed by atoms with Gasteiger partial charge >= 0.3 is 0 Å². The van der Waals surface area contributed by atoms with Crippen LogP contribution in [0.1, 0.15) is 25.7 Å². The Bertz CT molecular complexity index is 331. The van der Waals surface area contributed by atoms with Gasteiger partial charge in [-0.15, -0.1) is 0 Å². The topological polar surface area (TPSA) is 70.7 Å². The number of carbonyl (C=O) groups excluding carboxylic acids is 2. The third kappa shape index (κ3) is 4.47. The summed E-state index contributed by atoms with van der Waals surface area (Å²) >= 11 is 0. The van der Waals surface area contributed by atoms with Gasteiger partial charge in [0.15, 0.2) is 0 Å². The molecule has 1 unspecified atom stereocenters. The van der Waals surface area contributed by atoms with E-state index in [2.05, 4.69) is 10.6 Å². The van der Waals surface area contributed by atoms with Crippen LogP contribution in [0.15, 0.2) is 0 Å². The average molecular weight is 269 g/mol. The van der Waals surface area contributed by atoms with E-state index in [4.69, 9.17) is 4.74 Å². The third-order valence-electron chi connectivity index (χ3n) is 3.55. The largest absolute Gasteiger partial charge is 0.383 e. The minimum Gasteiger partial charge on any atom is -0.383 e.